The molecule has 4 nitrogen and oxygen atoms in total. The Morgan fingerprint density at radius 3 is 2.12 bits per heavy atom. The molecule has 2 saturated heterocycles. The summed E-state index contributed by atoms with van der Waals surface area (Å²) >= 11 is 0. The predicted molar refractivity (Wildman–Crippen MR) is 101 cm³/mol. The minimum Gasteiger partial charge on any atom is -0.447 e. The second-order valence-corrected chi connectivity index (χ2v) is 8.03. The van der Waals surface area contributed by atoms with Gasteiger partial charge in [-0.05, 0) is 48.4 Å². The van der Waals surface area contributed by atoms with Crippen LogP contribution in [0.25, 0.3) is 0 Å². The van der Waals surface area contributed by atoms with E-state index in [0.717, 1.165) is 0 Å². The van der Waals surface area contributed by atoms with E-state index in [4.69, 9.17) is 9.47 Å². The highest BCUT2D eigenvalue weighted by molar-refractivity contribution is 5.71. The number of cyclic esters (lactones) is 1. The Kier molecular flexibility index (Phi) is 5.80. The molecule has 2 heterocycles. The summed E-state index contributed by atoms with van der Waals surface area (Å²) in [7, 11) is 0. The van der Waals surface area contributed by atoms with Crippen LogP contribution >= 0.6 is 0 Å². The van der Waals surface area contributed by atoms with Gasteiger partial charge in [-0.25, -0.2) is 9.18 Å². The maximum atomic E-state index is 13.4. The third kappa shape index (κ3) is 4.64. The van der Waals surface area contributed by atoms with E-state index in [0.29, 0.717) is 17.7 Å². The van der Waals surface area contributed by atoms with Crippen LogP contribution in [0.2, 0.25) is 0 Å². The molecule has 2 aromatic carbocycles. The van der Waals surface area contributed by atoms with E-state index in [2.05, 4.69) is 0 Å². The first-order chi connectivity index (χ1) is 15.3. The Bertz CT molecular complexity index is 1000. The highest BCUT2D eigenvalue weighted by atomic mass is 19.4. The van der Waals surface area contributed by atoms with Crippen molar-refractivity contribution in [2.45, 2.75) is 43.4 Å². The average Bonchev–Trinajstić information content (AvgIpc) is 3.26. The van der Waals surface area contributed by atoms with E-state index >= 15 is 0 Å². The number of alkyl halides is 6. The van der Waals surface area contributed by atoms with Gasteiger partial charge in [0, 0.05) is 5.92 Å². The van der Waals surface area contributed by atoms with Crippen molar-refractivity contribution in [3.63, 3.8) is 0 Å². The molecule has 0 saturated carbocycles. The predicted octanol–water partition coefficient (Wildman–Crippen LogP) is 5.93. The SMILES string of the molecule is C[C@@H](O[C@@H]1CN2C(=O)OC[C@@H]2[C@H]1c1ccc(F)cc1)c1cc(C(F)(F)F)cc(C(F)(F)F)c1. The molecule has 0 radical (unpaired) electrons. The summed E-state index contributed by atoms with van der Waals surface area (Å²) in [4.78, 5) is 13.4. The van der Waals surface area contributed by atoms with Crippen molar-refractivity contribution >= 4 is 6.09 Å². The van der Waals surface area contributed by atoms with Crippen molar-refractivity contribution in [3.8, 4) is 0 Å². The van der Waals surface area contributed by atoms with Crippen LogP contribution < -0.4 is 0 Å². The van der Waals surface area contributed by atoms with Gasteiger partial charge in [-0.15, -0.1) is 0 Å². The van der Waals surface area contributed by atoms with Crippen molar-refractivity contribution in [1.29, 1.82) is 0 Å². The van der Waals surface area contributed by atoms with Gasteiger partial charge in [-0.3, -0.25) is 4.90 Å². The van der Waals surface area contributed by atoms with Gasteiger partial charge < -0.3 is 9.47 Å². The Balaban J connectivity index is 1.66. The van der Waals surface area contributed by atoms with Crippen molar-refractivity contribution in [1.82, 2.24) is 4.90 Å². The van der Waals surface area contributed by atoms with Crippen molar-refractivity contribution in [2.75, 3.05) is 13.2 Å². The average molecular weight is 477 g/mol. The van der Waals surface area contributed by atoms with Crippen LogP contribution in [0.1, 0.15) is 41.2 Å². The summed E-state index contributed by atoms with van der Waals surface area (Å²) in [6, 6.07) is 6.29. The zero-order valence-corrected chi connectivity index (χ0v) is 17.1. The lowest BCUT2D eigenvalue weighted by atomic mass is 9.90. The molecule has 11 heteroatoms. The van der Waals surface area contributed by atoms with E-state index in [-0.39, 0.29) is 24.8 Å². The van der Waals surface area contributed by atoms with Crippen LogP contribution in [0.15, 0.2) is 42.5 Å². The zero-order valence-electron chi connectivity index (χ0n) is 17.1. The van der Waals surface area contributed by atoms with Gasteiger partial charge in [0.25, 0.3) is 0 Å². The third-order valence-corrected chi connectivity index (χ3v) is 5.92. The zero-order chi connectivity index (χ0) is 24.1. The van der Waals surface area contributed by atoms with Gasteiger partial charge in [-0.2, -0.15) is 26.3 Å². The quantitative estimate of drug-likeness (QED) is 0.513. The summed E-state index contributed by atoms with van der Waals surface area (Å²) in [5, 5.41) is 0. The smallest absolute Gasteiger partial charge is 0.416 e. The van der Waals surface area contributed by atoms with E-state index in [1.54, 1.807) is 0 Å². The molecular formula is C22H18F7NO3. The van der Waals surface area contributed by atoms with Crippen molar-refractivity contribution < 1.29 is 45.0 Å². The van der Waals surface area contributed by atoms with Gasteiger partial charge in [-0.1, -0.05) is 12.1 Å². The van der Waals surface area contributed by atoms with E-state index in [1.165, 1.54) is 36.1 Å². The summed E-state index contributed by atoms with van der Waals surface area (Å²) in [6.45, 7) is 1.41. The normalized spacial score (nSPS) is 24.1. The maximum absolute atomic E-state index is 13.4. The Morgan fingerprint density at radius 1 is 1.00 bits per heavy atom. The second-order valence-electron chi connectivity index (χ2n) is 8.03. The minimum atomic E-state index is -4.98. The molecule has 4 atom stereocenters. The lowest BCUT2D eigenvalue weighted by Gasteiger charge is -2.26. The number of benzene rings is 2. The molecule has 1 amide bonds. The molecule has 178 valence electrons. The fraction of sp³-hybridized carbons (Fsp3) is 0.409. The first-order valence-electron chi connectivity index (χ1n) is 9.98. The van der Waals surface area contributed by atoms with Crippen LogP contribution in [0.5, 0.6) is 0 Å². The Labute approximate surface area is 183 Å². The Hall–Kier alpha value is -2.82. The first kappa shape index (κ1) is 23.3. The standard InChI is InChI=1S/C22H18F7NO3/c1-11(13-6-14(21(24,25)26)8-15(7-13)22(27,28)29)33-18-9-30-17(10-32-20(30)31)19(18)12-2-4-16(23)5-3-12/h2-8,11,17-19H,9-10H2,1H3/t11-,17-,18-,19-/m1/s1. The highest BCUT2D eigenvalue weighted by Crippen LogP contribution is 2.42. The molecule has 2 fully saturated rings. The van der Waals surface area contributed by atoms with E-state index in [1.807, 2.05) is 0 Å². The molecular weight excluding hydrogens is 459 g/mol. The molecule has 0 aromatic heterocycles. The molecule has 2 aromatic rings. The van der Waals surface area contributed by atoms with Crippen LogP contribution in [0.4, 0.5) is 35.5 Å². The molecule has 0 bridgehead atoms. The number of halogens is 7. The number of hydrogen-bond acceptors (Lipinski definition) is 3. The summed E-state index contributed by atoms with van der Waals surface area (Å²) < 4.78 is 104. The number of amides is 1. The monoisotopic (exact) mass is 477 g/mol. The number of nitrogens with zero attached hydrogens (tertiary/aromatic N) is 1. The van der Waals surface area contributed by atoms with Crippen molar-refractivity contribution in [2.24, 2.45) is 0 Å². The fourth-order valence-electron chi connectivity index (χ4n) is 4.33. The molecule has 0 spiro atoms. The topological polar surface area (TPSA) is 38.8 Å². The van der Waals surface area contributed by atoms with Gasteiger partial charge in [0.2, 0.25) is 0 Å². The largest absolute Gasteiger partial charge is 0.447 e. The molecule has 4 rings (SSSR count). The van der Waals surface area contributed by atoms with Crippen LogP contribution in [-0.4, -0.2) is 36.3 Å². The molecule has 0 N–H and O–H groups in total. The molecule has 0 aliphatic carbocycles. The Morgan fingerprint density at radius 2 is 1.58 bits per heavy atom. The highest BCUT2D eigenvalue weighted by Gasteiger charge is 2.50. The number of ether oxygens (including phenoxy) is 2. The van der Waals surface area contributed by atoms with Gasteiger partial charge in [0.1, 0.15) is 12.4 Å². The summed E-state index contributed by atoms with van der Waals surface area (Å²) in [5.41, 5.74) is -2.56. The number of carbonyl (C=O) groups excluding carboxylic acids is 1. The van der Waals surface area contributed by atoms with Crippen LogP contribution in [0, 0.1) is 5.82 Å². The number of rotatable bonds is 4. The summed E-state index contributed by atoms with van der Waals surface area (Å²) in [5.74, 6) is -0.991. The van der Waals surface area contributed by atoms with Gasteiger partial charge in [0.15, 0.2) is 0 Å². The molecule has 33 heavy (non-hydrogen) atoms. The van der Waals surface area contributed by atoms with Gasteiger partial charge >= 0.3 is 18.4 Å². The summed E-state index contributed by atoms with van der Waals surface area (Å²) in [6.07, 6.45) is -12.5. The third-order valence-electron chi connectivity index (χ3n) is 5.92. The fourth-order valence-corrected chi connectivity index (χ4v) is 4.33. The van der Waals surface area contributed by atoms with E-state index < -0.39 is 59.6 Å². The minimum absolute atomic E-state index is 0.0287. The van der Waals surface area contributed by atoms with Crippen LogP contribution in [-0.2, 0) is 21.8 Å². The second kappa shape index (κ2) is 8.19. The molecule has 0 unspecified atom stereocenters. The van der Waals surface area contributed by atoms with Gasteiger partial charge in [0.05, 0.1) is 35.9 Å². The van der Waals surface area contributed by atoms with E-state index in [9.17, 15) is 35.5 Å². The molecule has 2 aliphatic heterocycles. The lowest BCUT2D eigenvalue weighted by Crippen LogP contribution is -2.29. The first-order valence-corrected chi connectivity index (χ1v) is 9.98. The number of fused-ring (bicyclic) bond motifs is 1. The lowest BCUT2D eigenvalue weighted by molar-refractivity contribution is -0.143. The molecule has 2 aliphatic rings. The number of carbonyl (C=O) groups is 1. The van der Waals surface area contributed by atoms with Crippen LogP contribution in [0.3, 0.4) is 0 Å². The maximum Gasteiger partial charge on any atom is 0.416 e. The number of hydrogen-bond donors (Lipinski definition) is 0. The van der Waals surface area contributed by atoms with Crippen molar-refractivity contribution in [3.05, 3.63) is 70.5 Å².